The van der Waals surface area contributed by atoms with Gasteiger partial charge in [0.1, 0.15) is 12.4 Å². The van der Waals surface area contributed by atoms with Gasteiger partial charge in [-0.3, -0.25) is 4.79 Å². The number of nitrogens with zero attached hydrogens (tertiary/aromatic N) is 3. The first kappa shape index (κ1) is 23.0. The lowest BCUT2D eigenvalue weighted by Gasteiger charge is -2.10. The van der Waals surface area contributed by atoms with Crippen LogP contribution in [0.2, 0.25) is 20.1 Å². The second kappa shape index (κ2) is 10.6. The lowest BCUT2D eigenvalue weighted by Crippen LogP contribution is -2.15. The fourth-order valence-corrected chi connectivity index (χ4v) is 4.10. The summed E-state index contributed by atoms with van der Waals surface area (Å²) >= 11 is 25.3. The lowest BCUT2D eigenvalue weighted by atomic mass is 10.3. The summed E-state index contributed by atoms with van der Waals surface area (Å²) < 4.78 is 7.60. The molecule has 0 aliphatic carbocycles. The number of benzene rings is 2. The number of thioether (sulfide) groups is 1. The van der Waals surface area contributed by atoms with Crippen molar-refractivity contribution < 1.29 is 9.53 Å². The zero-order valence-electron chi connectivity index (χ0n) is 15.7. The molecule has 1 heterocycles. The fraction of sp³-hybridized carbons (Fsp3) is 0.211. The highest BCUT2D eigenvalue weighted by Gasteiger charge is 2.15. The molecule has 3 rings (SSSR count). The Balaban J connectivity index is 1.61. The van der Waals surface area contributed by atoms with E-state index in [1.807, 2.05) is 11.5 Å². The van der Waals surface area contributed by atoms with E-state index in [-0.39, 0.29) is 18.3 Å². The first-order valence-electron chi connectivity index (χ1n) is 8.75. The van der Waals surface area contributed by atoms with Crippen LogP contribution in [0.1, 0.15) is 12.7 Å². The van der Waals surface area contributed by atoms with E-state index >= 15 is 0 Å². The van der Waals surface area contributed by atoms with Gasteiger partial charge < -0.3 is 14.6 Å². The molecule has 30 heavy (non-hydrogen) atoms. The van der Waals surface area contributed by atoms with Gasteiger partial charge in [0, 0.05) is 22.7 Å². The molecule has 0 bridgehead atoms. The second-order valence-electron chi connectivity index (χ2n) is 5.97. The third-order valence-electron chi connectivity index (χ3n) is 3.90. The van der Waals surface area contributed by atoms with Gasteiger partial charge >= 0.3 is 0 Å². The van der Waals surface area contributed by atoms with Crippen molar-refractivity contribution in [2.75, 3.05) is 11.1 Å². The van der Waals surface area contributed by atoms with E-state index in [1.54, 1.807) is 36.4 Å². The summed E-state index contributed by atoms with van der Waals surface area (Å²) in [5, 5.41) is 13.5. The van der Waals surface area contributed by atoms with E-state index in [1.165, 1.54) is 11.8 Å². The van der Waals surface area contributed by atoms with Crippen LogP contribution in [0.5, 0.6) is 5.75 Å². The summed E-state index contributed by atoms with van der Waals surface area (Å²) in [5.41, 5.74) is 0.496. The first-order chi connectivity index (χ1) is 14.4. The minimum Gasteiger partial charge on any atom is -0.484 e. The summed E-state index contributed by atoms with van der Waals surface area (Å²) in [5.74, 6) is 0.983. The van der Waals surface area contributed by atoms with Crippen LogP contribution in [0.4, 0.5) is 5.69 Å². The Morgan fingerprint density at radius 3 is 2.53 bits per heavy atom. The molecular formula is C19H16Cl4N4O2S. The molecule has 0 aliphatic rings. The molecule has 3 aromatic rings. The largest absolute Gasteiger partial charge is 0.484 e. The number of nitrogens with one attached hydrogen (secondary N) is 1. The molecule has 0 aliphatic heterocycles. The van der Waals surface area contributed by atoms with Crippen molar-refractivity contribution in [2.24, 2.45) is 0 Å². The maximum absolute atomic E-state index is 12.3. The number of hydrogen-bond donors (Lipinski definition) is 1. The third-order valence-corrected chi connectivity index (χ3v) is 5.96. The fourth-order valence-electron chi connectivity index (χ4n) is 2.49. The first-order valence-corrected chi connectivity index (χ1v) is 11.2. The number of halogens is 4. The van der Waals surface area contributed by atoms with Crippen molar-refractivity contribution >= 4 is 69.8 Å². The van der Waals surface area contributed by atoms with Gasteiger partial charge in [-0.25, -0.2) is 0 Å². The van der Waals surface area contributed by atoms with Crippen molar-refractivity contribution in [2.45, 2.75) is 25.2 Å². The Morgan fingerprint density at radius 2 is 1.80 bits per heavy atom. The molecule has 0 saturated carbocycles. The molecule has 158 valence electrons. The Labute approximate surface area is 197 Å². The number of carbonyl (C=O) groups is 1. The van der Waals surface area contributed by atoms with Gasteiger partial charge in [0.25, 0.3) is 0 Å². The van der Waals surface area contributed by atoms with E-state index in [2.05, 4.69) is 15.5 Å². The van der Waals surface area contributed by atoms with Crippen LogP contribution >= 0.6 is 58.2 Å². The molecule has 2 aromatic carbocycles. The Bertz CT molecular complexity index is 1060. The number of hydrogen-bond acceptors (Lipinski definition) is 5. The molecule has 0 atom stereocenters. The van der Waals surface area contributed by atoms with Gasteiger partial charge in [-0.2, -0.15) is 0 Å². The summed E-state index contributed by atoms with van der Waals surface area (Å²) in [4.78, 5) is 12.3. The minimum absolute atomic E-state index is 0.137. The minimum atomic E-state index is -0.224. The van der Waals surface area contributed by atoms with Crippen LogP contribution < -0.4 is 10.1 Å². The Morgan fingerprint density at radius 1 is 1.07 bits per heavy atom. The number of carbonyl (C=O) groups excluding carboxylic acids is 1. The van der Waals surface area contributed by atoms with Crippen LogP contribution in [0, 0.1) is 0 Å². The number of ether oxygens (including phenoxy) is 1. The van der Waals surface area contributed by atoms with Crippen molar-refractivity contribution in [1.29, 1.82) is 0 Å². The average Bonchev–Trinajstić information content (AvgIpc) is 3.11. The van der Waals surface area contributed by atoms with Crippen molar-refractivity contribution in [3.8, 4) is 5.75 Å². The van der Waals surface area contributed by atoms with Crippen LogP contribution in [0.25, 0.3) is 0 Å². The van der Waals surface area contributed by atoms with Gasteiger partial charge in [-0.05, 0) is 37.3 Å². The zero-order chi connectivity index (χ0) is 21.7. The molecule has 0 radical (unpaired) electrons. The molecule has 1 N–H and O–H groups in total. The maximum atomic E-state index is 12.3. The molecule has 1 amide bonds. The molecule has 11 heteroatoms. The topological polar surface area (TPSA) is 69.0 Å². The Kier molecular flexibility index (Phi) is 8.13. The van der Waals surface area contributed by atoms with Crippen molar-refractivity contribution in [3.05, 3.63) is 62.3 Å². The van der Waals surface area contributed by atoms with Gasteiger partial charge in [0.2, 0.25) is 5.91 Å². The number of aromatic nitrogens is 3. The van der Waals surface area contributed by atoms with Crippen LogP contribution in [-0.2, 0) is 17.9 Å². The molecule has 0 spiro atoms. The molecule has 0 unspecified atom stereocenters. The molecule has 0 saturated heterocycles. The summed E-state index contributed by atoms with van der Waals surface area (Å²) in [6, 6.07) is 9.86. The standard InChI is InChI=1S/C19H16Cl4N4O2S/c1-2-27-17(9-29-16-8-12(21)3-5-13(16)22)25-26-19(27)30-10-18(28)24-15-6-4-11(20)7-14(15)23/h3-8H,2,9-10H2,1H3,(H,24,28). The van der Waals surface area contributed by atoms with Gasteiger partial charge in [-0.1, -0.05) is 58.2 Å². The summed E-state index contributed by atoms with van der Waals surface area (Å²) in [6.45, 7) is 2.73. The third kappa shape index (κ3) is 5.95. The predicted molar refractivity (Wildman–Crippen MR) is 122 cm³/mol. The van der Waals surface area contributed by atoms with Crippen LogP contribution in [0.3, 0.4) is 0 Å². The normalized spacial score (nSPS) is 10.8. The quantitative estimate of drug-likeness (QED) is 0.368. The van der Waals surface area contributed by atoms with E-state index in [0.29, 0.717) is 49.1 Å². The number of anilines is 1. The number of rotatable bonds is 8. The molecule has 6 nitrogen and oxygen atoms in total. The summed E-state index contributed by atoms with van der Waals surface area (Å²) in [6.07, 6.45) is 0. The van der Waals surface area contributed by atoms with Gasteiger partial charge in [0.05, 0.1) is 21.5 Å². The predicted octanol–water partition coefficient (Wildman–Crippen LogP) is 6.22. The molecular weight excluding hydrogens is 490 g/mol. The van der Waals surface area contributed by atoms with Crippen LogP contribution in [-0.4, -0.2) is 26.4 Å². The van der Waals surface area contributed by atoms with Gasteiger partial charge in [-0.15, -0.1) is 10.2 Å². The van der Waals surface area contributed by atoms with Crippen molar-refractivity contribution in [1.82, 2.24) is 14.8 Å². The SMILES string of the molecule is CCn1c(COc2cc(Cl)ccc2Cl)nnc1SCC(=O)Nc1ccc(Cl)cc1Cl. The van der Waals surface area contributed by atoms with E-state index in [9.17, 15) is 4.79 Å². The molecule has 0 fully saturated rings. The highest BCUT2D eigenvalue weighted by molar-refractivity contribution is 7.99. The average molecular weight is 506 g/mol. The van der Waals surface area contributed by atoms with Crippen LogP contribution in [0.15, 0.2) is 41.6 Å². The maximum Gasteiger partial charge on any atom is 0.234 e. The van der Waals surface area contributed by atoms with E-state index in [4.69, 9.17) is 51.1 Å². The molecule has 1 aromatic heterocycles. The monoisotopic (exact) mass is 504 g/mol. The second-order valence-corrected chi connectivity index (χ2v) is 8.60. The van der Waals surface area contributed by atoms with E-state index < -0.39 is 0 Å². The van der Waals surface area contributed by atoms with Gasteiger partial charge in [0.15, 0.2) is 11.0 Å². The lowest BCUT2D eigenvalue weighted by molar-refractivity contribution is -0.113. The highest BCUT2D eigenvalue weighted by Crippen LogP contribution is 2.29. The number of amides is 1. The van der Waals surface area contributed by atoms with E-state index in [0.717, 1.165) is 0 Å². The zero-order valence-corrected chi connectivity index (χ0v) is 19.5. The van der Waals surface area contributed by atoms with Crippen molar-refractivity contribution in [3.63, 3.8) is 0 Å². The Hall–Kier alpha value is -1.64. The smallest absolute Gasteiger partial charge is 0.234 e. The summed E-state index contributed by atoms with van der Waals surface area (Å²) in [7, 11) is 0. The highest BCUT2D eigenvalue weighted by atomic mass is 35.5.